The van der Waals surface area contributed by atoms with E-state index in [0.717, 1.165) is 11.1 Å². The maximum absolute atomic E-state index is 10.6. The van der Waals surface area contributed by atoms with E-state index in [-0.39, 0.29) is 18.9 Å². The SMILES string of the molecule is O=[N+]([O-])c1ccc(-c2ccc(OCCO)cc2)cc1. The Bertz CT molecular complexity index is 549. The minimum atomic E-state index is -0.421. The van der Waals surface area contributed by atoms with Crippen molar-refractivity contribution in [1.29, 1.82) is 0 Å². The van der Waals surface area contributed by atoms with Crippen LogP contribution in [0, 0.1) is 10.1 Å². The highest BCUT2D eigenvalue weighted by molar-refractivity contribution is 5.65. The van der Waals surface area contributed by atoms with Crippen LogP contribution in [0.25, 0.3) is 11.1 Å². The molecule has 19 heavy (non-hydrogen) atoms. The lowest BCUT2D eigenvalue weighted by molar-refractivity contribution is -0.384. The second-order valence-corrected chi connectivity index (χ2v) is 3.90. The topological polar surface area (TPSA) is 72.6 Å². The lowest BCUT2D eigenvalue weighted by Crippen LogP contribution is -2.01. The quantitative estimate of drug-likeness (QED) is 0.661. The Morgan fingerprint density at radius 2 is 1.53 bits per heavy atom. The van der Waals surface area contributed by atoms with Gasteiger partial charge in [-0.3, -0.25) is 10.1 Å². The molecule has 2 rings (SSSR count). The number of rotatable bonds is 5. The lowest BCUT2D eigenvalue weighted by atomic mass is 10.1. The van der Waals surface area contributed by atoms with Gasteiger partial charge in [0.25, 0.3) is 5.69 Å². The molecule has 0 saturated heterocycles. The Labute approximate surface area is 110 Å². The molecule has 0 atom stereocenters. The van der Waals surface area contributed by atoms with Crippen molar-refractivity contribution in [3.63, 3.8) is 0 Å². The summed E-state index contributed by atoms with van der Waals surface area (Å²) in [6, 6.07) is 13.7. The summed E-state index contributed by atoms with van der Waals surface area (Å²) in [6.45, 7) is 0.237. The lowest BCUT2D eigenvalue weighted by Gasteiger charge is -2.05. The summed E-state index contributed by atoms with van der Waals surface area (Å²) in [6.07, 6.45) is 0. The van der Waals surface area contributed by atoms with Crippen LogP contribution < -0.4 is 4.74 Å². The second-order valence-electron chi connectivity index (χ2n) is 3.90. The summed E-state index contributed by atoms with van der Waals surface area (Å²) in [5, 5.41) is 19.2. The van der Waals surface area contributed by atoms with E-state index in [1.54, 1.807) is 24.3 Å². The fourth-order valence-corrected chi connectivity index (χ4v) is 1.68. The summed E-state index contributed by atoms with van der Waals surface area (Å²) >= 11 is 0. The summed E-state index contributed by atoms with van der Waals surface area (Å²) in [5.41, 5.74) is 1.93. The Kier molecular flexibility index (Phi) is 4.10. The van der Waals surface area contributed by atoms with Crippen LogP contribution in [-0.4, -0.2) is 23.2 Å². The Hall–Kier alpha value is -2.40. The monoisotopic (exact) mass is 259 g/mol. The van der Waals surface area contributed by atoms with E-state index in [2.05, 4.69) is 0 Å². The van der Waals surface area contributed by atoms with E-state index < -0.39 is 4.92 Å². The highest BCUT2D eigenvalue weighted by Crippen LogP contribution is 2.24. The Balaban J connectivity index is 2.15. The van der Waals surface area contributed by atoms with Crippen LogP contribution in [-0.2, 0) is 0 Å². The van der Waals surface area contributed by atoms with E-state index in [0.29, 0.717) is 5.75 Å². The second kappa shape index (κ2) is 5.97. The first kappa shape index (κ1) is 13.0. The smallest absolute Gasteiger partial charge is 0.269 e. The molecule has 0 amide bonds. The molecule has 2 aromatic carbocycles. The number of benzene rings is 2. The van der Waals surface area contributed by atoms with Gasteiger partial charge in [0, 0.05) is 12.1 Å². The van der Waals surface area contributed by atoms with Gasteiger partial charge in [-0.2, -0.15) is 0 Å². The van der Waals surface area contributed by atoms with Crippen LogP contribution in [0.1, 0.15) is 0 Å². The number of non-ortho nitro benzene ring substituents is 1. The van der Waals surface area contributed by atoms with Crippen LogP contribution in [0.4, 0.5) is 5.69 Å². The predicted molar refractivity (Wildman–Crippen MR) is 71.1 cm³/mol. The van der Waals surface area contributed by atoms with Crippen molar-refractivity contribution in [3.05, 3.63) is 58.6 Å². The predicted octanol–water partition coefficient (Wildman–Crippen LogP) is 2.63. The molecule has 0 spiro atoms. The molecule has 0 aromatic heterocycles. The van der Waals surface area contributed by atoms with Gasteiger partial charge in [-0.15, -0.1) is 0 Å². The van der Waals surface area contributed by atoms with Crippen molar-refractivity contribution < 1.29 is 14.8 Å². The summed E-state index contributed by atoms with van der Waals surface area (Å²) in [5.74, 6) is 0.680. The van der Waals surface area contributed by atoms with Crippen LogP contribution in [0.2, 0.25) is 0 Å². The number of hydrogen-bond donors (Lipinski definition) is 1. The molecule has 2 aromatic rings. The van der Waals surface area contributed by atoms with Gasteiger partial charge in [0.05, 0.1) is 11.5 Å². The van der Waals surface area contributed by atoms with Crippen molar-refractivity contribution in [2.45, 2.75) is 0 Å². The van der Waals surface area contributed by atoms with Crippen molar-refractivity contribution in [2.75, 3.05) is 13.2 Å². The summed E-state index contributed by atoms with van der Waals surface area (Å²) in [7, 11) is 0. The number of ether oxygens (including phenoxy) is 1. The maximum Gasteiger partial charge on any atom is 0.269 e. The van der Waals surface area contributed by atoms with Gasteiger partial charge in [-0.25, -0.2) is 0 Å². The highest BCUT2D eigenvalue weighted by Gasteiger charge is 2.05. The van der Waals surface area contributed by atoms with Crippen LogP contribution in [0.15, 0.2) is 48.5 Å². The summed E-state index contributed by atoms with van der Waals surface area (Å²) in [4.78, 5) is 10.1. The molecular formula is C14H13NO4. The molecule has 5 nitrogen and oxygen atoms in total. The molecule has 0 heterocycles. The number of aliphatic hydroxyl groups excluding tert-OH is 1. The van der Waals surface area contributed by atoms with Gasteiger partial charge in [-0.1, -0.05) is 12.1 Å². The number of hydrogen-bond acceptors (Lipinski definition) is 4. The first-order valence-electron chi connectivity index (χ1n) is 5.79. The van der Waals surface area contributed by atoms with Crippen LogP contribution >= 0.6 is 0 Å². The fraction of sp³-hybridized carbons (Fsp3) is 0.143. The van der Waals surface area contributed by atoms with E-state index in [1.807, 2.05) is 12.1 Å². The molecule has 0 aliphatic rings. The molecule has 0 saturated carbocycles. The molecule has 0 bridgehead atoms. The van der Waals surface area contributed by atoms with Gasteiger partial charge in [-0.05, 0) is 35.4 Å². The summed E-state index contributed by atoms with van der Waals surface area (Å²) < 4.78 is 5.26. The first-order valence-corrected chi connectivity index (χ1v) is 5.79. The molecule has 0 unspecified atom stereocenters. The number of nitro groups is 1. The van der Waals surface area contributed by atoms with Gasteiger partial charge < -0.3 is 9.84 Å². The molecule has 5 heteroatoms. The van der Waals surface area contributed by atoms with Crippen LogP contribution in [0.5, 0.6) is 5.75 Å². The molecule has 0 aliphatic carbocycles. The Morgan fingerprint density at radius 3 is 2.00 bits per heavy atom. The number of aliphatic hydroxyl groups is 1. The third-order valence-corrected chi connectivity index (χ3v) is 2.63. The van der Waals surface area contributed by atoms with Crippen molar-refractivity contribution in [3.8, 4) is 16.9 Å². The van der Waals surface area contributed by atoms with Crippen LogP contribution in [0.3, 0.4) is 0 Å². The molecule has 98 valence electrons. The van der Waals surface area contributed by atoms with Gasteiger partial charge in [0.15, 0.2) is 0 Å². The zero-order chi connectivity index (χ0) is 13.7. The first-order chi connectivity index (χ1) is 9.20. The third-order valence-electron chi connectivity index (χ3n) is 2.63. The van der Waals surface area contributed by atoms with E-state index in [9.17, 15) is 10.1 Å². The number of nitro benzene ring substituents is 1. The average Bonchev–Trinajstić information content (AvgIpc) is 2.46. The molecule has 0 fully saturated rings. The molecular weight excluding hydrogens is 246 g/mol. The minimum Gasteiger partial charge on any atom is -0.491 e. The van der Waals surface area contributed by atoms with E-state index in [1.165, 1.54) is 12.1 Å². The fourth-order valence-electron chi connectivity index (χ4n) is 1.68. The minimum absolute atomic E-state index is 0.0237. The Morgan fingerprint density at radius 1 is 1.00 bits per heavy atom. The van der Waals surface area contributed by atoms with Gasteiger partial charge >= 0.3 is 0 Å². The van der Waals surface area contributed by atoms with Crippen molar-refractivity contribution >= 4 is 5.69 Å². The molecule has 1 N–H and O–H groups in total. The number of nitrogens with zero attached hydrogens (tertiary/aromatic N) is 1. The maximum atomic E-state index is 10.6. The van der Waals surface area contributed by atoms with Crippen molar-refractivity contribution in [1.82, 2.24) is 0 Å². The third kappa shape index (κ3) is 3.29. The zero-order valence-corrected chi connectivity index (χ0v) is 10.2. The molecule has 0 radical (unpaired) electrons. The largest absolute Gasteiger partial charge is 0.491 e. The highest BCUT2D eigenvalue weighted by atomic mass is 16.6. The zero-order valence-electron chi connectivity index (χ0n) is 10.2. The van der Waals surface area contributed by atoms with Gasteiger partial charge in [0.2, 0.25) is 0 Å². The van der Waals surface area contributed by atoms with E-state index in [4.69, 9.17) is 9.84 Å². The average molecular weight is 259 g/mol. The van der Waals surface area contributed by atoms with Crippen molar-refractivity contribution in [2.24, 2.45) is 0 Å². The molecule has 0 aliphatic heterocycles. The standard InChI is InChI=1S/C14H13NO4/c16-9-10-19-14-7-3-12(4-8-14)11-1-5-13(6-2-11)15(17)18/h1-8,16H,9-10H2. The van der Waals surface area contributed by atoms with E-state index >= 15 is 0 Å². The normalized spacial score (nSPS) is 10.2. The van der Waals surface area contributed by atoms with Gasteiger partial charge in [0.1, 0.15) is 12.4 Å².